The fourth-order valence-corrected chi connectivity index (χ4v) is 3.34. The van der Waals surface area contributed by atoms with Crippen molar-refractivity contribution in [1.82, 2.24) is 24.8 Å². The topological polar surface area (TPSA) is 126 Å². The number of alkyl halides is 1. The molecule has 11 heteroatoms. The fraction of sp³-hybridized carbons (Fsp3) is 0.600. The number of ether oxygens (including phenoxy) is 3. The van der Waals surface area contributed by atoms with E-state index < -0.39 is 42.9 Å². The number of carbonyl (C=O) groups is 1. The lowest BCUT2D eigenvalue weighted by Gasteiger charge is -2.24. The minimum Gasteiger partial charge on any atom is -0.382 e. The predicted octanol–water partition coefficient (Wildman–Crippen LogP) is -0.0883. The van der Waals surface area contributed by atoms with Crippen molar-refractivity contribution in [3.8, 4) is 0 Å². The van der Waals surface area contributed by atoms with Crippen molar-refractivity contribution in [3.63, 3.8) is 0 Å². The standard InChI is InChI=1S/C15H19FN6O4/c1-15(2)25-8-9(13(23)18-4-3-16)24-14(10(8)26-15)22-6-21-7-11(17)19-5-20-12(7)22/h5-6,8-10,14H,3-4H2,1-2H3,(H,18,23)(H2,17,19,20)/t8-,9+,10-,14-/m1/s1. The molecule has 0 unspecified atom stereocenters. The van der Waals surface area contributed by atoms with Crippen molar-refractivity contribution >= 4 is 22.9 Å². The molecule has 3 N–H and O–H groups in total. The van der Waals surface area contributed by atoms with Crippen LogP contribution >= 0.6 is 0 Å². The van der Waals surface area contributed by atoms with E-state index in [0.29, 0.717) is 11.2 Å². The molecule has 2 aromatic heterocycles. The second-order valence-electron chi connectivity index (χ2n) is 6.57. The predicted molar refractivity (Wildman–Crippen MR) is 86.5 cm³/mol. The number of aromatic nitrogens is 4. The highest BCUT2D eigenvalue weighted by Gasteiger charge is 2.58. The van der Waals surface area contributed by atoms with Gasteiger partial charge in [0, 0.05) is 6.54 Å². The summed E-state index contributed by atoms with van der Waals surface area (Å²) in [5.74, 6) is -1.11. The van der Waals surface area contributed by atoms with Crippen molar-refractivity contribution in [2.24, 2.45) is 0 Å². The summed E-state index contributed by atoms with van der Waals surface area (Å²) < 4.78 is 31.7. The zero-order valence-corrected chi connectivity index (χ0v) is 14.3. The minimum absolute atomic E-state index is 0.0945. The number of hydrogen-bond acceptors (Lipinski definition) is 8. The molecule has 0 spiro atoms. The molecule has 10 nitrogen and oxygen atoms in total. The molecule has 4 atom stereocenters. The van der Waals surface area contributed by atoms with E-state index in [1.165, 1.54) is 12.7 Å². The first-order valence-corrected chi connectivity index (χ1v) is 8.19. The first-order chi connectivity index (χ1) is 12.4. The number of nitrogens with two attached hydrogens (primary N) is 1. The Kier molecular flexibility index (Phi) is 4.01. The van der Waals surface area contributed by atoms with Gasteiger partial charge in [-0.3, -0.25) is 9.36 Å². The summed E-state index contributed by atoms with van der Waals surface area (Å²) in [6.07, 6.45) is -0.0411. The van der Waals surface area contributed by atoms with Crippen LogP contribution in [0.5, 0.6) is 0 Å². The average Bonchev–Trinajstić information content (AvgIpc) is 3.24. The number of rotatable bonds is 4. The SMILES string of the molecule is CC1(C)O[C@@H]2[C@H](O1)[C@@H](C(=O)NCCF)O[C@H]2n1cnc2c(N)ncnc21. The van der Waals surface area contributed by atoms with Gasteiger partial charge in [0.05, 0.1) is 6.33 Å². The molecule has 2 saturated heterocycles. The third kappa shape index (κ3) is 2.68. The Bertz CT molecular complexity index is 843. The lowest BCUT2D eigenvalue weighted by atomic mass is 10.1. The molecule has 2 fully saturated rings. The Balaban J connectivity index is 1.69. The maximum absolute atomic E-state index is 12.4. The van der Waals surface area contributed by atoms with Gasteiger partial charge in [-0.1, -0.05) is 0 Å². The van der Waals surface area contributed by atoms with Gasteiger partial charge in [0.25, 0.3) is 5.91 Å². The summed E-state index contributed by atoms with van der Waals surface area (Å²) in [6.45, 7) is 2.75. The van der Waals surface area contributed by atoms with E-state index in [4.69, 9.17) is 19.9 Å². The largest absolute Gasteiger partial charge is 0.382 e. The first-order valence-electron chi connectivity index (χ1n) is 8.19. The number of anilines is 1. The zero-order chi connectivity index (χ0) is 18.5. The van der Waals surface area contributed by atoms with E-state index in [9.17, 15) is 9.18 Å². The Morgan fingerprint density at radius 2 is 2.12 bits per heavy atom. The maximum Gasteiger partial charge on any atom is 0.252 e. The van der Waals surface area contributed by atoms with Crippen molar-refractivity contribution in [1.29, 1.82) is 0 Å². The van der Waals surface area contributed by atoms with E-state index in [0.717, 1.165) is 0 Å². The number of fused-ring (bicyclic) bond motifs is 2. The molecule has 4 rings (SSSR count). The summed E-state index contributed by atoms with van der Waals surface area (Å²) in [4.78, 5) is 24.7. The number of imidazole rings is 1. The third-order valence-corrected chi connectivity index (χ3v) is 4.34. The van der Waals surface area contributed by atoms with E-state index >= 15 is 0 Å². The Hall–Kier alpha value is -2.37. The summed E-state index contributed by atoms with van der Waals surface area (Å²) in [5, 5.41) is 2.48. The number of hydrogen-bond donors (Lipinski definition) is 2. The molecule has 2 aromatic rings. The van der Waals surface area contributed by atoms with Gasteiger partial charge in [-0.05, 0) is 13.8 Å². The minimum atomic E-state index is -0.949. The van der Waals surface area contributed by atoms with Crippen molar-refractivity contribution < 1.29 is 23.4 Å². The molecular formula is C15H19FN6O4. The van der Waals surface area contributed by atoms with Crippen LogP contribution in [0.4, 0.5) is 10.2 Å². The Morgan fingerprint density at radius 3 is 2.88 bits per heavy atom. The second kappa shape index (κ2) is 6.11. The van der Waals surface area contributed by atoms with Crippen molar-refractivity contribution in [2.45, 2.75) is 44.2 Å². The number of carbonyl (C=O) groups excluding carboxylic acids is 1. The summed E-state index contributed by atoms with van der Waals surface area (Å²) >= 11 is 0. The van der Waals surface area contributed by atoms with Gasteiger partial charge >= 0.3 is 0 Å². The van der Waals surface area contributed by atoms with Gasteiger partial charge in [-0.15, -0.1) is 0 Å². The summed E-state index contributed by atoms with van der Waals surface area (Å²) in [5.41, 5.74) is 6.71. The molecule has 2 aliphatic heterocycles. The molecule has 0 radical (unpaired) electrons. The molecular weight excluding hydrogens is 347 g/mol. The lowest BCUT2D eigenvalue weighted by Crippen LogP contribution is -2.43. The number of nitrogen functional groups attached to an aromatic ring is 1. The van der Waals surface area contributed by atoms with Crippen LogP contribution in [-0.4, -0.2) is 62.7 Å². The average molecular weight is 366 g/mol. The monoisotopic (exact) mass is 366 g/mol. The molecule has 2 aliphatic rings. The van der Waals surface area contributed by atoms with Crippen LogP contribution in [0.15, 0.2) is 12.7 Å². The molecule has 0 aromatic carbocycles. The van der Waals surface area contributed by atoms with Crippen molar-refractivity contribution in [3.05, 3.63) is 12.7 Å². The highest BCUT2D eigenvalue weighted by molar-refractivity contribution is 5.83. The molecule has 0 bridgehead atoms. The van der Waals surface area contributed by atoms with E-state index in [1.54, 1.807) is 18.4 Å². The maximum atomic E-state index is 12.4. The Morgan fingerprint density at radius 1 is 1.35 bits per heavy atom. The summed E-state index contributed by atoms with van der Waals surface area (Å²) in [7, 11) is 0. The number of nitrogens with zero attached hydrogens (tertiary/aromatic N) is 4. The molecule has 140 valence electrons. The van der Waals surface area contributed by atoms with Crippen LogP contribution in [0.2, 0.25) is 0 Å². The van der Waals surface area contributed by atoms with Gasteiger partial charge < -0.3 is 25.3 Å². The van der Waals surface area contributed by atoms with Gasteiger partial charge in [0.2, 0.25) is 0 Å². The Labute approximate surface area is 147 Å². The van der Waals surface area contributed by atoms with Crippen molar-refractivity contribution in [2.75, 3.05) is 19.0 Å². The second-order valence-corrected chi connectivity index (χ2v) is 6.57. The van der Waals surface area contributed by atoms with Crippen LogP contribution in [-0.2, 0) is 19.0 Å². The van der Waals surface area contributed by atoms with E-state index in [1.807, 2.05) is 0 Å². The van der Waals surface area contributed by atoms with Crippen LogP contribution in [0.25, 0.3) is 11.2 Å². The third-order valence-electron chi connectivity index (χ3n) is 4.34. The van der Waals surface area contributed by atoms with Gasteiger partial charge in [-0.25, -0.2) is 19.3 Å². The number of nitrogens with one attached hydrogen (secondary N) is 1. The van der Waals surface area contributed by atoms with E-state index in [2.05, 4.69) is 20.3 Å². The number of halogens is 1. The quantitative estimate of drug-likeness (QED) is 0.769. The fourth-order valence-electron chi connectivity index (χ4n) is 3.34. The highest BCUT2D eigenvalue weighted by atomic mass is 19.1. The van der Waals surface area contributed by atoms with Crippen LogP contribution in [0.1, 0.15) is 20.1 Å². The summed E-state index contributed by atoms with van der Waals surface area (Å²) in [6, 6.07) is 0. The van der Waals surface area contributed by atoms with Crippen LogP contribution in [0, 0.1) is 0 Å². The zero-order valence-electron chi connectivity index (χ0n) is 14.3. The van der Waals surface area contributed by atoms with Gasteiger partial charge in [0.15, 0.2) is 29.6 Å². The smallest absolute Gasteiger partial charge is 0.252 e. The molecule has 1 amide bonds. The highest BCUT2D eigenvalue weighted by Crippen LogP contribution is 2.43. The van der Waals surface area contributed by atoms with Gasteiger partial charge in [0.1, 0.15) is 30.7 Å². The number of amides is 1. The molecule has 26 heavy (non-hydrogen) atoms. The first kappa shape index (κ1) is 17.1. The van der Waals surface area contributed by atoms with E-state index in [-0.39, 0.29) is 12.4 Å². The van der Waals surface area contributed by atoms with Gasteiger partial charge in [-0.2, -0.15) is 0 Å². The normalized spacial score (nSPS) is 29.8. The molecule has 0 saturated carbocycles. The van der Waals surface area contributed by atoms with Crippen LogP contribution in [0.3, 0.4) is 0 Å². The molecule has 0 aliphatic carbocycles. The van der Waals surface area contributed by atoms with Crippen LogP contribution < -0.4 is 11.1 Å². The molecule has 4 heterocycles. The lowest BCUT2D eigenvalue weighted by molar-refractivity contribution is -0.197.